The summed E-state index contributed by atoms with van der Waals surface area (Å²) >= 11 is 0. The molecule has 2 aromatic rings. The molecule has 0 spiro atoms. The smallest absolute Gasteiger partial charge is 0.233 e. The number of fused-ring (bicyclic) bond motifs is 1. The fourth-order valence-electron chi connectivity index (χ4n) is 2.12. The number of aromatic amines is 1. The zero-order valence-corrected chi connectivity index (χ0v) is 10.9. The molecule has 3 nitrogen and oxygen atoms in total. The lowest BCUT2D eigenvalue weighted by molar-refractivity contribution is -0.346. The summed E-state index contributed by atoms with van der Waals surface area (Å²) in [4.78, 5) is 7.78. The summed E-state index contributed by atoms with van der Waals surface area (Å²) in [7, 11) is 0. The van der Waals surface area contributed by atoms with Crippen molar-refractivity contribution < 1.29 is 10.1 Å². The first-order valence-electron chi connectivity index (χ1n) is 6.80. The van der Waals surface area contributed by atoms with E-state index in [9.17, 15) is 5.11 Å². The van der Waals surface area contributed by atoms with Gasteiger partial charge in [-0.05, 0) is 25.0 Å². The molecule has 1 aromatic heterocycles. The highest BCUT2D eigenvalue weighted by molar-refractivity contribution is 5.72. The fraction of sp³-hybridized carbons (Fsp3) is 0.467. The SMILES string of the molecule is CCCCCCCc1c[nH+]c2cc(O)ccc2n1. The van der Waals surface area contributed by atoms with Gasteiger partial charge in [0.05, 0.1) is 6.07 Å². The van der Waals surface area contributed by atoms with Crippen LogP contribution in [0.5, 0.6) is 5.75 Å². The second kappa shape index (κ2) is 6.34. The molecule has 2 rings (SSSR count). The Kier molecular flexibility index (Phi) is 4.51. The topological polar surface area (TPSA) is 47.3 Å². The Balaban J connectivity index is 1.95. The Morgan fingerprint density at radius 1 is 1.17 bits per heavy atom. The normalized spacial score (nSPS) is 10.9. The summed E-state index contributed by atoms with van der Waals surface area (Å²) in [6.07, 6.45) is 9.38. The van der Waals surface area contributed by atoms with Crippen LogP contribution >= 0.6 is 0 Å². The van der Waals surface area contributed by atoms with E-state index in [2.05, 4.69) is 16.9 Å². The molecule has 0 atom stereocenters. The van der Waals surface area contributed by atoms with Crippen LogP contribution in [0.3, 0.4) is 0 Å². The number of nitrogens with zero attached hydrogens (tertiary/aromatic N) is 1. The lowest BCUT2D eigenvalue weighted by Crippen LogP contribution is -2.07. The van der Waals surface area contributed by atoms with E-state index in [4.69, 9.17) is 0 Å². The van der Waals surface area contributed by atoms with Crippen LogP contribution in [0.1, 0.15) is 44.7 Å². The van der Waals surface area contributed by atoms with Crippen molar-refractivity contribution in [2.45, 2.75) is 45.4 Å². The van der Waals surface area contributed by atoms with Gasteiger partial charge >= 0.3 is 0 Å². The van der Waals surface area contributed by atoms with Gasteiger partial charge in [-0.3, -0.25) is 0 Å². The van der Waals surface area contributed by atoms with Gasteiger partial charge in [0.25, 0.3) is 0 Å². The number of phenolic OH excluding ortho intramolecular Hbond substituents is 1. The number of phenols is 1. The molecule has 18 heavy (non-hydrogen) atoms. The third-order valence-electron chi connectivity index (χ3n) is 3.17. The van der Waals surface area contributed by atoms with Crippen molar-refractivity contribution in [1.29, 1.82) is 0 Å². The van der Waals surface area contributed by atoms with E-state index in [-0.39, 0.29) is 5.75 Å². The fourth-order valence-corrected chi connectivity index (χ4v) is 2.12. The summed E-state index contributed by atoms with van der Waals surface area (Å²) in [5.74, 6) is 0.271. The third kappa shape index (κ3) is 3.42. The van der Waals surface area contributed by atoms with Crippen LogP contribution in [0.4, 0.5) is 0 Å². The number of aromatic nitrogens is 2. The zero-order chi connectivity index (χ0) is 12.8. The van der Waals surface area contributed by atoms with Crippen molar-refractivity contribution >= 4 is 11.0 Å². The van der Waals surface area contributed by atoms with Crippen LogP contribution in [0.25, 0.3) is 11.0 Å². The largest absolute Gasteiger partial charge is 0.508 e. The first-order valence-corrected chi connectivity index (χ1v) is 6.80. The highest BCUT2D eigenvalue weighted by Crippen LogP contribution is 2.15. The quantitative estimate of drug-likeness (QED) is 0.794. The van der Waals surface area contributed by atoms with Crippen molar-refractivity contribution in [3.8, 4) is 5.75 Å². The van der Waals surface area contributed by atoms with Crippen molar-refractivity contribution in [2.75, 3.05) is 0 Å². The van der Waals surface area contributed by atoms with Gasteiger partial charge in [-0.1, -0.05) is 32.6 Å². The molecule has 0 bridgehead atoms. The molecule has 3 heteroatoms. The number of hydrogen-bond acceptors (Lipinski definition) is 2. The second-order valence-electron chi connectivity index (χ2n) is 4.76. The molecule has 0 amide bonds. The monoisotopic (exact) mass is 245 g/mol. The van der Waals surface area contributed by atoms with Gasteiger partial charge in [0.1, 0.15) is 17.0 Å². The number of unbranched alkanes of at least 4 members (excludes halogenated alkanes) is 4. The summed E-state index contributed by atoms with van der Waals surface area (Å²) in [6, 6.07) is 5.23. The number of benzene rings is 1. The minimum atomic E-state index is 0.271. The second-order valence-corrected chi connectivity index (χ2v) is 4.76. The molecule has 0 fully saturated rings. The molecule has 96 valence electrons. The molecule has 0 aliphatic carbocycles. The third-order valence-corrected chi connectivity index (χ3v) is 3.17. The summed E-state index contributed by atoms with van der Waals surface area (Å²) < 4.78 is 0. The molecule has 0 radical (unpaired) electrons. The van der Waals surface area contributed by atoms with Gasteiger partial charge in [0, 0.05) is 0 Å². The van der Waals surface area contributed by atoms with E-state index in [1.807, 2.05) is 12.3 Å². The molecular formula is C15H21N2O+. The maximum atomic E-state index is 9.38. The molecule has 0 unspecified atom stereocenters. The van der Waals surface area contributed by atoms with Crippen LogP contribution in [0.2, 0.25) is 0 Å². The number of aromatic hydroxyl groups is 1. The standard InChI is InChI=1S/C15H20N2O/c1-2-3-4-5-6-7-12-11-16-15-10-13(18)8-9-14(15)17-12/h8-11,18H,2-7H2,1H3/p+1. The maximum Gasteiger partial charge on any atom is 0.233 e. The van der Waals surface area contributed by atoms with Crippen LogP contribution in [0.15, 0.2) is 24.4 Å². The number of aryl methyl sites for hydroxylation is 1. The van der Waals surface area contributed by atoms with Crippen LogP contribution in [-0.2, 0) is 6.42 Å². The molecular weight excluding hydrogens is 224 g/mol. The number of nitrogens with one attached hydrogen (secondary N) is 1. The van der Waals surface area contributed by atoms with E-state index in [1.54, 1.807) is 12.1 Å². The van der Waals surface area contributed by atoms with Crippen molar-refractivity contribution in [1.82, 2.24) is 4.98 Å². The van der Waals surface area contributed by atoms with Crippen LogP contribution in [-0.4, -0.2) is 10.1 Å². The van der Waals surface area contributed by atoms with E-state index >= 15 is 0 Å². The Bertz CT molecular complexity index is 511. The van der Waals surface area contributed by atoms with E-state index in [0.29, 0.717) is 0 Å². The number of rotatable bonds is 6. The Morgan fingerprint density at radius 3 is 2.83 bits per heavy atom. The predicted octanol–water partition coefficient (Wildman–Crippen LogP) is 3.27. The zero-order valence-electron chi connectivity index (χ0n) is 10.9. The highest BCUT2D eigenvalue weighted by Gasteiger charge is 2.05. The van der Waals surface area contributed by atoms with Crippen LogP contribution < -0.4 is 4.98 Å². The Labute approximate surface area is 108 Å². The van der Waals surface area contributed by atoms with Gasteiger partial charge < -0.3 is 5.11 Å². The van der Waals surface area contributed by atoms with Crippen molar-refractivity contribution in [3.05, 3.63) is 30.1 Å². The first kappa shape index (κ1) is 12.8. The van der Waals surface area contributed by atoms with Gasteiger partial charge in [0.15, 0.2) is 6.20 Å². The number of hydrogen-bond donors (Lipinski definition) is 1. The average Bonchev–Trinajstić information content (AvgIpc) is 2.38. The lowest BCUT2D eigenvalue weighted by Gasteiger charge is -2.00. The van der Waals surface area contributed by atoms with Crippen LogP contribution in [0, 0.1) is 0 Å². The molecule has 2 N–H and O–H groups in total. The van der Waals surface area contributed by atoms with Gasteiger partial charge in [-0.25, -0.2) is 9.97 Å². The first-order chi connectivity index (χ1) is 8.79. The summed E-state index contributed by atoms with van der Waals surface area (Å²) in [6.45, 7) is 2.23. The van der Waals surface area contributed by atoms with Crippen molar-refractivity contribution in [2.24, 2.45) is 0 Å². The summed E-state index contributed by atoms with van der Waals surface area (Å²) in [5, 5.41) is 9.38. The molecule has 0 saturated heterocycles. The number of H-pyrrole nitrogens is 1. The molecule has 0 saturated carbocycles. The minimum absolute atomic E-state index is 0.271. The summed E-state index contributed by atoms with van der Waals surface area (Å²) in [5.41, 5.74) is 2.90. The van der Waals surface area contributed by atoms with E-state index in [0.717, 1.165) is 23.1 Å². The van der Waals surface area contributed by atoms with Gasteiger partial charge in [-0.15, -0.1) is 0 Å². The predicted molar refractivity (Wildman–Crippen MR) is 72.4 cm³/mol. The van der Waals surface area contributed by atoms with Gasteiger partial charge in [0.2, 0.25) is 5.52 Å². The van der Waals surface area contributed by atoms with E-state index < -0.39 is 0 Å². The van der Waals surface area contributed by atoms with Gasteiger partial charge in [-0.2, -0.15) is 0 Å². The van der Waals surface area contributed by atoms with E-state index in [1.165, 1.54) is 32.1 Å². The Hall–Kier alpha value is -1.64. The minimum Gasteiger partial charge on any atom is -0.508 e. The Morgan fingerprint density at radius 2 is 2.00 bits per heavy atom. The molecule has 1 aromatic carbocycles. The molecule has 0 aliphatic heterocycles. The molecule has 1 heterocycles. The lowest BCUT2D eigenvalue weighted by atomic mass is 10.1. The average molecular weight is 245 g/mol. The molecule has 0 aliphatic rings. The maximum absolute atomic E-state index is 9.38. The highest BCUT2D eigenvalue weighted by atomic mass is 16.3. The van der Waals surface area contributed by atoms with Crippen molar-refractivity contribution in [3.63, 3.8) is 0 Å².